The Morgan fingerprint density at radius 2 is 1.80 bits per heavy atom. The molecule has 0 aliphatic rings. The van der Waals surface area contributed by atoms with Gasteiger partial charge < -0.3 is 10.6 Å². The van der Waals surface area contributed by atoms with Crippen molar-refractivity contribution < 1.29 is 0 Å². The predicted molar refractivity (Wildman–Crippen MR) is 42.2 cm³/mol. The third-order valence-electron chi connectivity index (χ3n) is 1.27. The van der Waals surface area contributed by atoms with Crippen LogP contribution in [0.5, 0.6) is 0 Å². The van der Waals surface area contributed by atoms with E-state index in [2.05, 4.69) is 0 Å². The molecule has 0 radical (unpaired) electrons. The minimum absolute atomic E-state index is 0.0845. The van der Waals surface area contributed by atoms with E-state index in [9.17, 15) is 0 Å². The summed E-state index contributed by atoms with van der Waals surface area (Å²) in [6.45, 7) is 3.78. The zero-order valence-electron chi connectivity index (χ0n) is 6.60. The third-order valence-corrected chi connectivity index (χ3v) is 1.27. The van der Waals surface area contributed by atoms with Crippen LogP contribution in [0.15, 0.2) is 0 Å². The van der Waals surface area contributed by atoms with Crippen LogP contribution in [-0.2, 0) is 0 Å². The van der Waals surface area contributed by atoms with E-state index in [4.69, 9.17) is 16.6 Å². The van der Waals surface area contributed by atoms with Crippen molar-refractivity contribution in [2.24, 2.45) is 11.7 Å². The summed E-state index contributed by atoms with van der Waals surface area (Å²) in [5.74, 6) is 0.403. The van der Waals surface area contributed by atoms with Gasteiger partial charge in [0.15, 0.2) is 5.96 Å². The Bertz CT molecular complexity index is 150. The Morgan fingerprint density at radius 1 is 1.40 bits per heavy atom. The van der Waals surface area contributed by atoms with Gasteiger partial charge in [-0.1, -0.05) is 13.8 Å². The molecule has 0 heterocycles. The van der Waals surface area contributed by atoms with Crippen molar-refractivity contribution in [3.05, 3.63) is 0 Å². The van der Waals surface area contributed by atoms with Gasteiger partial charge in [-0.05, 0) is 0 Å². The van der Waals surface area contributed by atoms with Gasteiger partial charge in [0.2, 0.25) is 0 Å². The fourth-order valence-corrected chi connectivity index (χ4v) is 0.517. The molecule has 0 aliphatic carbocycles. The van der Waals surface area contributed by atoms with Crippen LogP contribution in [0.2, 0.25) is 0 Å². The van der Waals surface area contributed by atoms with E-state index in [0.29, 0.717) is 5.84 Å². The number of amidine groups is 1. The van der Waals surface area contributed by atoms with Crippen molar-refractivity contribution in [1.82, 2.24) is 4.90 Å². The third kappa shape index (κ3) is 2.05. The summed E-state index contributed by atoms with van der Waals surface area (Å²) in [6.07, 6.45) is 0. The molecule has 0 atom stereocenters. The molecule has 10 heavy (non-hydrogen) atoms. The van der Waals surface area contributed by atoms with Crippen LogP contribution in [0.4, 0.5) is 0 Å². The summed E-state index contributed by atoms with van der Waals surface area (Å²) in [4.78, 5) is 1.35. The predicted octanol–water partition coefficient (Wildman–Crippen LogP) is 0.445. The van der Waals surface area contributed by atoms with Gasteiger partial charge in [-0.3, -0.25) is 10.8 Å². The Balaban J connectivity index is 4.08. The summed E-state index contributed by atoms with van der Waals surface area (Å²) in [6, 6.07) is 0. The SMILES string of the molecule is CC(C)C(=N)N(C)C(=N)N. The highest BCUT2D eigenvalue weighted by Gasteiger charge is 2.09. The van der Waals surface area contributed by atoms with E-state index in [1.165, 1.54) is 4.90 Å². The van der Waals surface area contributed by atoms with Crippen LogP contribution in [0.3, 0.4) is 0 Å². The van der Waals surface area contributed by atoms with E-state index in [1.54, 1.807) is 7.05 Å². The van der Waals surface area contributed by atoms with Crippen LogP contribution in [0.25, 0.3) is 0 Å². The standard InChI is InChI=1S/C6H14N4/c1-4(2)5(7)10(3)6(8)9/h4,7H,1-3H3,(H3,8,9). The van der Waals surface area contributed by atoms with E-state index in [-0.39, 0.29) is 11.9 Å². The van der Waals surface area contributed by atoms with Crippen molar-refractivity contribution >= 4 is 11.8 Å². The number of nitrogens with two attached hydrogens (primary N) is 1. The molecular weight excluding hydrogens is 128 g/mol. The maximum Gasteiger partial charge on any atom is 0.193 e. The molecule has 0 aliphatic heterocycles. The molecule has 0 rings (SSSR count). The molecule has 0 unspecified atom stereocenters. The highest BCUT2D eigenvalue weighted by atomic mass is 15.2. The minimum atomic E-state index is -0.0845. The molecule has 0 spiro atoms. The number of hydrogen-bond acceptors (Lipinski definition) is 2. The van der Waals surface area contributed by atoms with Gasteiger partial charge in [-0.15, -0.1) is 0 Å². The number of nitrogens with one attached hydrogen (secondary N) is 2. The maximum atomic E-state index is 7.38. The lowest BCUT2D eigenvalue weighted by Crippen LogP contribution is -2.39. The van der Waals surface area contributed by atoms with E-state index in [1.807, 2.05) is 13.8 Å². The lowest BCUT2D eigenvalue weighted by molar-refractivity contribution is 0.654. The first-order valence-corrected chi connectivity index (χ1v) is 3.13. The molecular formula is C6H14N4. The summed E-state index contributed by atoms with van der Waals surface area (Å²) in [5.41, 5.74) is 5.14. The van der Waals surface area contributed by atoms with E-state index < -0.39 is 0 Å². The highest BCUT2D eigenvalue weighted by Crippen LogP contribution is 1.97. The molecule has 4 heteroatoms. The van der Waals surface area contributed by atoms with Crippen LogP contribution >= 0.6 is 0 Å². The second-order valence-electron chi connectivity index (χ2n) is 2.48. The fraction of sp³-hybridized carbons (Fsp3) is 0.667. The minimum Gasteiger partial charge on any atom is -0.370 e. The first kappa shape index (κ1) is 8.94. The summed E-state index contributed by atoms with van der Waals surface area (Å²) < 4.78 is 0. The zero-order valence-corrected chi connectivity index (χ0v) is 6.60. The smallest absolute Gasteiger partial charge is 0.193 e. The molecule has 0 amide bonds. The Morgan fingerprint density at radius 3 is 1.90 bits per heavy atom. The Labute approximate surface area is 61.0 Å². The Hall–Kier alpha value is -1.06. The van der Waals surface area contributed by atoms with Gasteiger partial charge in [-0.25, -0.2) is 0 Å². The molecule has 0 aromatic rings. The van der Waals surface area contributed by atoms with Crippen molar-refractivity contribution in [3.63, 3.8) is 0 Å². The molecule has 0 bridgehead atoms. The second kappa shape index (κ2) is 3.20. The second-order valence-corrected chi connectivity index (χ2v) is 2.48. The van der Waals surface area contributed by atoms with Crippen LogP contribution in [0.1, 0.15) is 13.8 Å². The van der Waals surface area contributed by atoms with Crippen molar-refractivity contribution in [3.8, 4) is 0 Å². The average Bonchev–Trinajstić information content (AvgIpc) is 1.84. The van der Waals surface area contributed by atoms with Crippen molar-refractivity contribution in [2.45, 2.75) is 13.8 Å². The van der Waals surface area contributed by atoms with Gasteiger partial charge in [-0.2, -0.15) is 0 Å². The van der Waals surface area contributed by atoms with Gasteiger partial charge >= 0.3 is 0 Å². The topological polar surface area (TPSA) is 77.0 Å². The zero-order chi connectivity index (χ0) is 8.31. The molecule has 0 saturated heterocycles. The highest BCUT2D eigenvalue weighted by molar-refractivity contribution is 5.96. The van der Waals surface area contributed by atoms with Gasteiger partial charge in [0.1, 0.15) is 5.84 Å². The van der Waals surface area contributed by atoms with Crippen molar-refractivity contribution in [2.75, 3.05) is 7.05 Å². The number of nitrogens with zero attached hydrogens (tertiary/aromatic N) is 1. The summed E-state index contributed by atoms with van der Waals surface area (Å²) in [5, 5.41) is 14.4. The Kier molecular flexibility index (Phi) is 2.86. The monoisotopic (exact) mass is 142 g/mol. The van der Waals surface area contributed by atoms with Gasteiger partial charge in [0.25, 0.3) is 0 Å². The van der Waals surface area contributed by atoms with E-state index in [0.717, 1.165) is 0 Å². The summed E-state index contributed by atoms with van der Waals surface area (Å²) >= 11 is 0. The van der Waals surface area contributed by atoms with Crippen molar-refractivity contribution in [1.29, 1.82) is 10.8 Å². The van der Waals surface area contributed by atoms with Crippen LogP contribution in [0, 0.1) is 16.7 Å². The number of guanidine groups is 1. The molecule has 0 aromatic carbocycles. The van der Waals surface area contributed by atoms with Crippen LogP contribution in [-0.4, -0.2) is 23.7 Å². The number of rotatable bonds is 1. The first-order valence-electron chi connectivity index (χ1n) is 3.13. The molecule has 4 N–H and O–H groups in total. The van der Waals surface area contributed by atoms with Crippen LogP contribution < -0.4 is 5.73 Å². The lowest BCUT2D eigenvalue weighted by atomic mass is 10.2. The molecule has 0 aromatic heterocycles. The maximum absolute atomic E-state index is 7.38. The van der Waals surface area contributed by atoms with Gasteiger partial charge in [0, 0.05) is 13.0 Å². The van der Waals surface area contributed by atoms with E-state index >= 15 is 0 Å². The fourth-order valence-electron chi connectivity index (χ4n) is 0.517. The largest absolute Gasteiger partial charge is 0.370 e. The average molecular weight is 142 g/mol. The normalized spacial score (nSPS) is 9.60. The summed E-state index contributed by atoms with van der Waals surface area (Å²) in [7, 11) is 1.62. The molecule has 58 valence electrons. The van der Waals surface area contributed by atoms with Gasteiger partial charge in [0.05, 0.1) is 0 Å². The molecule has 0 saturated carbocycles. The molecule has 0 fully saturated rings. The quantitative estimate of drug-likeness (QED) is 0.367. The number of hydrogen-bond donors (Lipinski definition) is 3. The first-order chi connectivity index (χ1) is 4.46. The lowest BCUT2D eigenvalue weighted by Gasteiger charge is -2.19. The molecule has 4 nitrogen and oxygen atoms in total.